The summed E-state index contributed by atoms with van der Waals surface area (Å²) < 4.78 is 0. The maximum absolute atomic E-state index is 9.67. The fourth-order valence-corrected chi connectivity index (χ4v) is 1.55. The topological polar surface area (TPSA) is 96.1 Å². The van der Waals surface area contributed by atoms with Crippen LogP contribution in [0.15, 0.2) is 6.07 Å². The lowest BCUT2D eigenvalue weighted by atomic mass is 10.2. The molecule has 1 rings (SSSR count). The van der Waals surface area contributed by atoms with Gasteiger partial charge in [0.05, 0.1) is 6.10 Å². The summed E-state index contributed by atoms with van der Waals surface area (Å²) in [6, 6.07) is 1.73. The van der Waals surface area contributed by atoms with E-state index in [1.54, 1.807) is 6.07 Å². The van der Waals surface area contributed by atoms with Crippen LogP contribution in [0.1, 0.15) is 45.4 Å². The maximum atomic E-state index is 9.67. The fraction of sp³-hybridized carbons (Fsp3) is 0.667. The number of nitrogen functional groups attached to an aromatic ring is 1. The molecule has 0 saturated carbocycles. The zero-order chi connectivity index (χ0) is 13.5. The minimum Gasteiger partial charge on any atom is -0.391 e. The number of nitrogens with zero attached hydrogens (tertiary/aromatic N) is 2. The third kappa shape index (κ3) is 4.46. The third-order valence-electron chi connectivity index (χ3n) is 2.55. The Balaban J connectivity index is 2.72. The van der Waals surface area contributed by atoms with E-state index in [2.05, 4.69) is 20.7 Å². The second-order valence-corrected chi connectivity index (χ2v) is 4.62. The summed E-state index contributed by atoms with van der Waals surface area (Å²) in [7, 11) is 0. The van der Waals surface area contributed by atoms with Crippen LogP contribution >= 0.6 is 0 Å². The first-order valence-electron chi connectivity index (χ1n) is 6.34. The van der Waals surface area contributed by atoms with Gasteiger partial charge in [-0.05, 0) is 6.42 Å². The van der Waals surface area contributed by atoms with Gasteiger partial charge in [0.15, 0.2) is 0 Å². The first-order valence-corrected chi connectivity index (χ1v) is 6.34. The summed E-state index contributed by atoms with van der Waals surface area (Å²) in [5.74, 6) is 7.56. The first kappa shape index (κ1) is 14.7. The minimum atomic E-state index is -0.359. The highest BCUT2D eigenvalue weighted by Gasteiger charge is 2.08. The minimum absolute atomic E-state index is 0.222. The highest BCUT2D eigenvalue weighted by molar-refractivity contribution is 5.47. The molecule has 0 aliphatic heterocycles. The molecule has 5 N–H and O–H groups in total. The largest absolute Gasteiger partial charge is 0.391 e. The molecule has 0 radical (unpaired) electrons. The number of hydrogen-bond acceptors (Lipinski definition) is 6. The van der Waals surface area contributed by atoms with Crippen LogP contribution in [0.5, 0.6) is 0 Å². The van der Waals surface area contributed by atoms with E-state index in [1.165, 1.54) is 0 Å². The number of nitrogens with two attached hydrogens (primary N) is 1. The molecule has 0 aliphatic carbocycles. The van der Waals surface area contributed by atoms with Gasteiger partial charge < -0.3 is 15.8 Å². The third-order valence-corrected chi connectivity index (χ3v) is 2.55. The normalized spacial score (nSPS) is 12.6. The van der Waals surface area contributed by atoms with E-state index in [4.69, 9.17) is 5.84 Å². The summed E-state index contributed by atoms with van der Waals surface area (Å²) in [6.45, 7) is 6.56. The van der Waals surface area contributed by atoms with Gasteiger partial charge in [-0.1, -0.05) is 27.2 Å². The number of nitrogens with one attached hydrogen (secondary N) is 2. The molecule has 0 aliphatic rings. The maximum Gasteiger partial charge on any atom is 0.145 e. The van der Waals surface area contributed by atoms with Crippen LogP contribution in [0.3, 0.4) is 0 Å². The van der Waals surface area contributed by atoms with E-state index in [0.29, 0.717) is 18.2 Å². The lowest BCUT2D eigenvalue weighted by Crippen LogP contribution is -2.20. The SMILES string of the molecule is CCCC(O)CNc1cc(NN)nc(C(C)C)n1. The molecule has 6 heteroatoms. The average molecular weight is 253 g/mol. The van der Waals surface area contributed by atoms with Crippen molar-refractivity contribution in [2.45, 2.75) is 45.6 Å². The molecule has 1 aromatic rings. The van der Waals surface area contributed by atoms with Gasteiger partial charge in [-0.2, -0.15) is 0 Å². The van der Waals surface area contributed by atoms with E-state index >= 15 is 0 Å². The summed E-state index contributed by atoms with van der Waals surface area (Å²) in [5, 5.41) is 12.8. The molecular weight excluding hydrogens is 230 g/mol. The lowest BCUT2D eigenvalue weighted by Gasteiger charge is -2.13. The molecule has 1 heterocycles. The zero-order valence-electron chi connectivity index (χ0n) is 11.3. The number of aliphatic hydroxyl groups is 1. The number of aromatic nitrogens is 2. The second-order valence-electron chi connectivity index (χ2n) is 4.62. The molecule has 0 fully saturated rings. The Morgan fingerprint density at radius 3 is 2.56 bits per heavy atom. The van der Waals surface area contributed by atoms with Crippen LogP contribution in [-0.2, 0) is 0 Å². The Bertz CT molecular complexity index is 369. The average Bonchev–Trinajstić information content (AvgIpc) is 2.36. The van der Waals surface area contributed by atoms with Crippen molar-refractivity contribution in [3.05, 3.63) is 11.9 Å². The molecule has 1 atom stereocenters. The molecule has 0 spiro atoms. The Hall–Kier alpha value is -1.40. The highest BCUT2D eigenvalue weighted by atomic mass is 16.3. The molecule has 0 amide bonds. The number of anilines is 2. The fourth-order valence-electron chi connectivity index (χ4n) is 1.55. The van der Waals surface area contributed by atoms with E-state index in [1.807, 2.05) is 20.8 Å². The van der Waals surface area contributed by atoms with Crippen LogP contribution in [0.25, 0.3) is 0 Å². The van der Waals surface area contributed by atoms with E-state index < -0.39 is 0 Å². The Morgan fingerprint density at radius 2 is 2.00 bits per heavy atom. The van der Waals surface area contributed by atoms with Crippen LogP contribution < -0.4 is 16.6 Å². The summed E-state index contributed by atoms with van der Waals surface area (Å²) in [6.07, 6.45) is 1.37. The molecule has 1 aromatic heterocycles. The van der Waals surface area contributed by atoms with E-state index in [9.17, 15) is 5.11 Å². The molecule has 18 heavy (non-hydrogen) atoms. The van der Waals surface area contributed by atoms with Crippen LogP contribution in [-0.4, -0.2) is 27.7 Å². The van der Waals surface area contributed by atoms with Crippen molar-refractivity contribution in [1.29, 1.82) is 0 Å². The molecule has 6 nitrogen and oxygen atoms in total. The van der Waals surface area contributed by atoms with Crippen LogP contribution in [0, 0.1) is 0 Å². The van der Waals surface area contributed by atoms with Crippen molar-refractivity contribution in [3.8, 4) is 0 Å². The van der Waals surface area contributed by atoms with Gasteiger partial charge in [-0.25, -0.2) is 15.8 Å². The van der Waals surface area contributed by atoms with Gasteiger partial charge in [0.25, 0.3) is 0 Å². The van der Waals surface area contributed by atoms with E-state index in [-0.39, 0.29) is 12.0 Å². The van der Waals surface area contributed by atoms with E-state index in [0.717, 1.165) is 18.7 Å². The second kappa shape index (κ2) is 7.13. The molecule has 0 bridgehead atoms. The van der Waals surface area contributed by atoms with Gasteiger partial charge >= 0.3 is 0 Å². The molecule has 1 unspecified atom stereocenters. The number of aliphatic hydroxyl groups excluding tert-OH is 1. The van der Waals surface area contributed by atoms with Crippen molar-refractivity contribution in [1.82, 2.24) is 9.97 Å². The van der Waals surface area contributed by atoms with Gasteiger partial charge in [-0.15, -0.1) is 0 Å². The Morgan fingerprint density at radius 1 is 1.33 bits per heavy atom. The quantitative estimate of drug-likeness (QED) is 0.434. The first-order chi connectivity index (χ1) is 8.56. The lowest BCUT2D eigenvalue weighted by molar-refractivity contribution is 0.176. The smallest absolute Gasteiger partial charge is 0.145 e. The number of hydrazine groups is 1. The predicted octanol–water partition coefficient (Wildman–Crippen LogP) is 1.46. The zero-order valence-corrected chi connectivity index (χ0v) is 11.3. The van der Waals surface area contributed by atoms with Crippen molar-refractivity contribution < 1.29 is 5.11 Å². The molecule has 0 saturated heterocycles. The summed E-state index contributed by atoms with van der Waals surface area (Å²) in [5.41, 5.74) is 2.52. The standard InChI is InChI=1S/C12H23N5O/c1-4-5-9(18)7-14-10-6-11(17-13)16-12(15-10)8(2)3/h6,8-9,18H,4-5,7,13H2,1-3H3,(H2,14,15,16,17). The Kier molecular flexibility index (Phi) is 5.80. The van der Waals surface area contributed by atoms with Gasteiger partial charge in [-0.3, -0.25) is 0 Å². The molecular formula is C12H23N5O. The van der Waals surface area contributed by atoms with Crippen molar-refractivity contribution in [2.75, 3.05) is 17.3 Å². The van der Waals surface area contributed by atoms with Crippen molar-refractivity contribution in [2.24, 2.45) is 5.84 Å². The van der Waals surface area contributed by atoms with Crippen LogP contribution in [0.4, 0.5) is 11.6 Å². The predicted molar refractivity (Wildman–Crippen MR) is 73.3 cm³/mol. The summed E-state index contributed by atoms with van der Waals surface area (Å²) >= 11 is 0. The van der Waals surface area contributed by atoms with Crippen molar-refractivity contribution >= 4 is 11.6 Å². The number of rotatable bonds is 7. The van der Waals surface area contributed by atoms with Gasteiger partial charge in [0.1, 0.15) is 17.5 Å². The summed E-state index contributed by atoms with van der Waals surface area (Å²) in [4.78, 5) is 8.65. The van der Waals surface area contributed by atoms with Crippen LogP contribution in [0.2, 0.25) is 0 Å². The molecule has 0 aromatic carbocycles. The van der Waals surface area contributed by atoms with Gasteiger partial charge in [0, 0.05) is 18.5 Å². The monoisotopic (exact) mass is 253 g/mol. The Labute approximate surface area is 108 Å². The highest BCUT2D eigenvalue weighted by Crippen LogP contribution is 2.16. The number of hydrogen-bond donors (Lipinski definition) is 4. The van der Waals surface area contributed by atoms with Gasteiger partial charge in [0.2, 0.25) is 0 Å². The van der Waals surface area contributed by atoms with Crippen molar-refractivity contribution in [3.63, 3.8) is 0 Å². The molecule has 102 valence electrons.